The molecule has 9 aliphatic rings. The van der Waals surface area contributed by atoms with E-state index in [1.165, 1.54) is 62.2 Å². The molecule has 0 bridgehead atoms. The molecule has 4 aromatic carbocycles. The van der Waals surface area contributed by atoms with Gasteiger partial charge in [0.25, 0.3) is 0 Å². The molecular weight excluding hydrogens is 845 g/mol. The van der Waals surface area contributed by atoms with Gasteiger partial charge in [-0.2, -0.15) is 0 Å². The normalized spacial score (nSPS) is 32.7. The molecule has 1 aromatic heterocycles. The number of hydrogen-bond acceptors (Lipinski definition) is 5. The predicted octanol–water partition coefficient (Wildman–Crippen LogP) is 15.2. The quantitative estimate of drug-likeness (QED) is 0.145. The van der Waals surface area contributed by atoms with Crippen molar-refractivity contribution in [3.05, 3.63) is 210 Å². The van der Waals surface area contributed by atoms with Gasteiger partial charge in [-0.3, -0.25) is 0 Å². The van der Waals surface area contributed by atoms with E-state index in [9.17, 15) is 0 Å². The first-order valence-corrected chi connectivity index (χ1v) is 26.3. The lowest BCUT2D eigenvalue weighted by Crippen LogP contribution is -2.41. The van der Waals surface area contributed by atoms with E-state index in [1.807, 2.05) is 0 Å². The molecule has 3 heterocycles. The zero-order chi connectivity index (χ0) is 45.4. The summed E-state index contributed by atoms with van der Waals surface area (Å²) in [6.07, 6.45) is 47.5. The summed E-state index contributed by atoms with van der Waals surface area (Å²) >= 11 is 0. The second-order valence-corrected chi connectivity index (χ2v) is 21.4. The van der Waals surface area contributed by atoms with Crippen molar-refractivity contribution in [2.75, 3.05) is 9.80 Å². The van der Waals surface area contributed by atoms with Gasteiger partial charge in [0.05, 0.1) is 36.5 Å². The molecule has 5 heteroatoms. The van der Waals surface area contributed by atoms with Crippen LogP contribution in [0.5, 0.6) is 0 Å². The average molecular weight is 907 g/mol. The molecule has 7 aliphatic carbocycles. The SMILES string of the molecule is C1=CCC(c2cccc(N(C3=CC=C4C(C3)OC3CCC=CC43)C3C=CC4C(C3)OC3CC5CC(N(c6cccc(C7CC=CCC7)c6)c6ccc7c(c6)oc6ccccc67)C=CC5=CC34)c2)C=C1. The van der Waals surface area contributed by atoms with Gasteiger partial charge in [0.1, 0.15) is 11.2 Å². The third kappa shape index (κ3) is 7.50. The van der Waals surface area contributed by atoms with Crippen LogP contribution in [-0.2, 0) is 9.47 Å². The van der Waals surface area contributed by atoms with Crippen molar-refractivity contribution in [1.29, 1.82) is 0 Å². The maximum atomic E-state index is 7.34. The summed E-state index contributed by atoms with van der Waals surface area (Å²) in [4.78, 5) is 5.25. The standard InChI is InChI=1S/C64H62N2O3/c1-3-13-41(14-4-1)43-17-11-19-47(33-43)65(50-27-30-55-53-21-7-9-23-59(53)67-62(55)38-50)49-26-25-45-36-58-57-32-29-52(40-64(57)69-61(58)37-46(45)35-49)66(48-20-12-18-44(34-48)42-15-5-2-6-16-42)51-28-31-56-54-22-8-10-24-60(54)68-63(56)39-51/h1-3,5-9,11-12,15,17-23,25-34,36,38,41-42,46,49,52,54,57-58,60-61,63-64H,4,10,13-14,16,24,35,37,39-40H2. The number of anilines is 3. The van der Waals surface area contributed by atoms with Crippen LogP contribution < -0.4 is 9.80 Å². The maximum Gasteiger partial charge on any atom is 0.137 e. The molecule has 5 nitrogen and oxygen atoms in total. The third-order valence-corrected chi connectivity index (χ3v) is 17.5. The number of furan rings is 1. The Bertz CT molecular complexity index is 3100. The molecule has 0 N–H and O–H groups in total. The van der Waals surface area contributed by atoms with Crippen LogP contribution in [0.2, 0.25) is 0 Å². The van der Waals surface area contributed by atoms with Gasteiger partial charge >= 0.3 is 0 Å². The van der Waals surface area contributed by atoms with E-state index in [0.29, 0.717) is 41.6 Å². The summed E-state index contributed by atoms with van der Waals surface area (Å²) in [5.74, 6) is 2.56. The predicted molar refractivity (Wildman–Crippen MR) is 281 cm³/mol. The molecule has 14 rings (SSSR count). The molecule has 0 spiro atoms. The van der Waals surface area contributed by atoms with Gasteiger partial charge in [0.2, 0.25) is 0 Å². The molecule has 2 fully saturated rings. The van der Waals surface area contributed by atoms with Crippen LogP contribution in [-0.4, -0.2) is 36.5 Å². The van der Waals surface area contributed by atoms with Gasteiger partial charge < -0.3 is 23.7 Å². The van der Waals surface area contributed by atoms with Gasteiger partial charge in [0.15, 0.2) is 0 Å². The Morgan fingerprint density at radius 2 is 1.38 bits per heavy atom. The first-order chi connectivity index (χ1) is 34.1. The Morgan fingerprint density at radius 3 is 2.29 bits per heavy atom. The first kappa shape index (κ1) is 41.8. The molecule has 69 heavy (non-hydrogen) atoms. The van der Waals surface area contributed by atoms with Gasteiger partial charge in [-0.05, 0) is 140 Å². The van der Waals surface area contributed by atoms with E-state index in [0.717, 1.165) is 69.0 Å². The van der Waals surface area contributed by atoms with E-state index < -0.39 is 0 Å². The minimum Gasteiger partial charge on any atom is -0.456 e. The highest BCUT2D eigenvalue weighted by molar-refractivity contribution is 6.05. The van der Waals surface area contributed by atoms with Crippen LogP contribution >= 0.6 is 0 Å². The summed E-state index contributed by atoms with van der Waals surface area (Å²) < 4.78 is 20.7. The first-order valence-electron chi connectivity index (χ1n) is 26.3. The Labute approximate surface area is 407 Å². The molecule has 12 atom stereocenters. The highest BCUT2D eigenvalue weighted by Gasteiger charge is 2.49. The monoisotopic (exact) mass is 906 g/mol. The van der Waals surface area contributed by atoms with Crippen LogP contribution in [0.4, 0.5) is 17.1 Å². The number of para-hydroxylation sites is 1. The van der Waals surface area contributed by atoms with Crippen LogP contribution in [0, 0.1) is 23.7 Å². The molecule has 346 valence electrons. The van der Waals surface area contributed by atoms with E-state index in [1.54, 1.807) is 0 Å². The largest absolute Gasteiger partial charge is 0.456 e. The van der Waals surface area contributed by atoms with E-state index in [4.69, 9.17) is 13.9 Å². The second-order valence-electron chi connectivity index (χ2n) is 21.4. The lowest BCUT2D eigenvalue weighted by molar-refractivity contribution is 0.0129. The summed E-state index contributed by atoms with van der Waals surface area (Å²) in [6.45, 7) is 0. The van der Waals surface area contributed by atoms with Crippen molar-refractivity contribution in [1.82, 2.24) is 0 Å². The molecule has 0 amide bonds. The van der Waals surface area contributed by atoms with Crippen molar-refractivity contribution in [2.45, 2.75) is 113 Å². The average Bonchev–Trinajstić information content (AvgIpc) is 4.09. The van der Waals surface area contributed by atoms with E-state index in [-0.39, 0.29) is 30.4 Å². The maximum absolute atomic E-state index is 7.34. The minimum atomic E-state index is 0.139. The summed E-state index contributed by atoms with van der Waals surface area (Å²) in [5.41, 5.74) is 12.7. The number of ether oxygens (including phenoxy) is 2. The Balaban J connectivity index is 0.756. The Hall–Kier alpha value is -6.14. The smallest absolute Gasteiger partial charge is 0.137 e. The van der Waals surface area contributed by atoms with Crippen LogP contribution in [0.1, 0.15) is 87.2 Å². The van der Waals surface area contributed by atoms with E-state index in [2.05, 4.69) is 192 Å². The fraction of sp³-hybridized carbons (Fsp3) is 0.344. The van der Waals surface area contributed by atoms with Crippen molar-refractivity contribution in [3.8, 4) is 0 Å². The van der Waals surface area contributed by atoms with Crippen molar-refractivity contribution in [2.24, 2.45) is 23.7 Å². The van der Waals surface area contributed by atoms with Gasteiger partial charge in [-0.1, -0.05) is 128 Å². The van der Waals surface area contributed by atoms with Gasteiger partial charge in [-0.15, -0.1) is 0 Å². The number of nitrogens with zero attached hydrogens (tertiary/aromatic N) is 2. The van der Waals surface area contributed by atoms with Crippen LogP contribution in [0.15, 0.2) is 203 Å². The molecular formula is C64H62N2O3. The van der Waals surface area contributed by atoms with Gasteiger partial charge in [-0.25, -0.2) is 0 Å². The highest BCUT2D eigenvalue weighted by atomic mass is 16.5. The molecule has 0 radical (unpaired) electrons. The fourth-order valence-electron chi connectivity index (χ4n) is 14.1. The Morgan fingerprint density at radius 1 is 0.536 bits per heavy atom. The number of benzene rings is 4. The zero-order valence-electron chi connectivity index (χ0n) is 39.4. The van der Waals surface area contributed by atoms with Crippen LogP contribution in [0.25, 0.3) is 21.9 Å². The number of hydrogen-bond donors (Lipinski definition) is 0. The lowest BCUT2D eigenvalue weighted by atomic mass is 9.70. The molecule has 12 unspecified atom stereocenters. The van der Waals surface area contributed by atoms with Crippen molar-refractivity contribution < 1.29 is 13.9 Å². The Kier molecular flexibility index (Phi) is 10.5. The summed E-state index contributed by atoms with van der Waals surface area (Å²) in [5, 5.41) is 2.34. The number of rotatable bonds is 8. The number of fused-ring (bicyclic) bond motifs is 10. The second kappa shape index (κ2) is 17.4. The van der Waals surface area contributed by atoms with Crippen molar-refractivity contribution in [3.63, 3.8) is 0 Å². The lowest BCUT2D eigenvalue weighted by Gasteiger charge is -2.40. The fourth-order valence-corrected chi connectivity index (χ4v) is 14.1. The number of allylic oxidation sites excluding steroid dienone is 11. The minimum absolute atomic E-state index is 0.139. The summed E-state index contributed by atoms with van der Waals surface area (Å²) in [7, 11) is 0. The van der Waals surface area contributed by atoms with Crippen LogP contribution in [0.3, 0.4) is 0 Å². The topological polar surface area (TPSA) is 38.1 Å². The third-order valence-electron chi connectivity index (χ3n) is 17.5. The highest BCUT2D eigenvalue weighted by Crippen LogP contribution is 2.51. The molecule has 0 saturated carbocycles. The molecule has 5 aromatic rings. The van der Waals surface area contributed by atoms with Gasteiger partial charge in [0, 0.05) is 69.7 Å². The summed E-state index contributed by atoms with van der Waals surface area (Å²) in [6, 6.07) is 34.5. The molecule has 2 saturated heterocycles. The molecule has 2 aliphatic heterocycles. The zero-order valence-corrected chi connectivity index (χ0v) is 39.4. The van der Waals surface area contributed by atoms with E-state index >= 15 is 0 Å². The van der Waals surface area contributed by atoms with Crippen molar-refractivity contribution >= 4 is 39.0 Å².